The van der Waals surface area contributed by atoms with Gasteiger partial charge in [0, 0.05) is 0 Å². The summed E-state index contributed by atoms with van der Waals surface area (Å²) in [5.41, 5.74) is 7.54. The monoisotopic (exact) mass is 221 g/mol. The highest BCUT2D eigenvalue weighted by atomic mass is 16.3. The summed E-state index contributed by atoms with van der Waals surface area (Å²) >= 11 is 0. The number of nitrogens with two attached hydrogens (primary N) is 1. The van der Waals surface area contributed by atoms with Gasteiger partial charge in [-0.15, -0.1) is 0 Å². The van der Waals surface area contributed by atoms with Crippen LogP contribution in [0.25, 0.3) is 0 Å². The molecule has 16 heavy (non-hydrogen) atoms. The molecule has 3 N–H and O–H groups in total. The van der Waals surface area contributed by atoms with Gasteiger partial charge in [-0.05, 0) is 57.2 Å². The van der Waals surface area contributed by atoms with Gasteiger partial charge in [-0.3, -0.25) is 0 Å². The average molecular weight is 221 g/mol. The Bertz CT molecular complexity index is 298. The number of rotatable bonds is 6. The van der Waals surface area contributed by atoms with Gasteiger partial charge in [-0.25, -0.2) is 0 Å². The van der Waals surface area contributed by atoms with E-state index < -0.39 is 5.60 Å². The van der Waals surface area contributed by atoms with E-state index in [0.717, 1.165) is 32.2 Å². The maximum absolute atomic E-state index is 9.64. The van der Waals surface area contributed by atoms with Crippen molar-refractivity contribution in [3.05, 3.63) is 35.4 Å². The Hall–Kier alpha value is -0.860. The molecule has 2 heteroatoms. The van der Waals surface area contributed by atoms with Gasteiger partial charge in [0.15, 0.2) is 0 Å². The van der Waals surface area contributed by atoms with Crippen LogP contribution in [-0.2, 0) is 12.8 Å². The first-order valence-electron chi connectivity index (χ1n) is 6.01. The fourth-order valence-corrected chi connectivity index (χ4v) is 1.63. The first kappa shape index (κ1) is 13.2. The van der Waals surface area contributed by atoms with Crippen molar-refractivity contribution in [1.82, 2.24) is 0 Å². The summed E-state index contributed by atoms with van der Waals surface area (Å²) in [4.78, 5) is 0. The number of hydrogen-bond acceptors (Lipinski definition) is 2. The van der Waals surface area contributed by atoms with E-state index in [-0.39, 0.29) is 0 Å². The summed E-state index contributed by atoms with van der Waals surface area (Å²) in [5, 5.41) is 9.64. The van der Waals surface area contributed by atoms with Crippen molar-refractivity contribution in [2.24, 2.45) is 5.73 Å². The molecule has 0 amide bonds. The lowest BCUT2D eigenvalue weighted by Crippen LogP contribution is -2.19. The largest absolute Gasteiger partial charge is 0.390 e. The van der Waals surface area contributed by atoms with Crippen LogP contribution in [0.15, 0.2) is 24.3 Å². The molecule has 0 atom stereocenters. The van der Waals surface area contributed by atoms with Crippen LogP contribution >= 0.6 is 0 Å². The second kappa shape index (κ2) is 6.02. The van der Waals surface area contributed by atoms with Crippen molar-refractivity contribution >= 4 is 0 Å². The standard InChI is InChI=1S/C14H23NO/c1-14(2,16)10-9-13-7-5-12(6-8-13)4-3-11-15/h5-8,16H,3-4,9-11,15H2,1-2H3. The van der Waals surface area contributed by atoms with Gasteiger partial charge in [0.05, 0.1) is 5.60 Å². The summed E-state index contributed by atoms with van der Waals surface area (Å²) < 4.78 is 0. The molecule has 0 saturated carbocycles. The lowest BCUT2D eigenvalue weighted by atomic mass is 9.98. The Morgan fingerprint density at radius 1 is 1.06 bits per heavy atom. The second-order valence-corrected chi connectivity index (χ2v) is 5.02. The molecule has 0 spiro atoms. The van der Waals surface area contributed by atoms with Crippen molar-refractivity contribution in [3.63, 3.8) is 0 Å². The summed E-state index contributed by atoms with van der Waals surface area (Å²) in [6, 6.07) is 8.62. The Morgan fingerprint density at radius 3 is 2.00 bits per heavy atom. The zero-order chi connectivity index (χ0) is 12.0. The van der Waals surface area contributed by atoms with Gasteiger partial charge in [-0.1, -0.05) is 24.3 Å². The van der Waals surface area contributed by atoms with E-state index in [9.17, 15) is 5.11 Å². The van der Waals surface area contributed by atoms with Gasteiger partial charge >= 0.3 is 0 Å². The van der Waals surface area contributed by atoms with Crippen LogP contribution in [0.5, 0.6) is 0 Å². The first-order chi connectivity index (χ1) is 7.51. The van der Waals surface area contributed by atoms with E-state index in [2.05, 4.69) is 24.3 Å². The molecule has 0 aromatic heterocycles. The Balaban J connectivity index is 2.45. The van der Waals surface area contributed by atoms with Gasteiger partial charge in [0.25, 0.3) is 0 Å². The molecule has 1 aromatic rings. The lowest BCUT2D eigenvalue weighted by Gasteiger charge is -2.16. The maximum atomic E-state index is 9.64. The summed E-state index contributed by atoms with van der Waals surface area (Å²) in [5.74, 6) is 0. The molecule has 0 unspecified atom stereocenters. The topological polar surface area (TPSA) is 46.2 Å². The molecule has 0 aliphatic heterocycles. The molecule has 1 rings (SSSR count). The normalized spacial score (nSPS) is 11.8. The van der Waals surface area contributed by atoms with Crippen LogP contribution < -0.4 is 5.73 Å². The number of aryl methyl sites for hydroxylation is 2. The predicted molar refractivity (Wildman–Crippen MR) is 68.4 cm³/mol. The van der Waals surface area contributed by atoms with Gasteiger partial charge < -0.3 is 10.8 Å². The first-order valence-corrected chi connectivity index (χ1v) is 6.01. The lowest BCUT2D eigenvalue weighted by molar-refractivity contribution is 0.0714. The predicted octanol–water partition coefficient (Wildman–Crippen LogP) is 2.28. The molecule has 0 bridgehead atoms. The van der Waals surface area contributed by atoms with E-state index in [0.29, 0.717) is 0 Å². The molecular weight excluding hydrogens is 198 g/mol. The zero-order valence-electron chi connectivity index (χ0n) is 10.4. The molecule has 0 aliphatic rings. The van der Waals surface area contributed by atoms with Crippen molar-refractivity contribution in [2.75, 3.05) is 6.54 Å². The van der Waals surface area contributed by atoms with E-state index in [4.69, 9.17) is 5.73 Å². The molecule has 0 heterocycles. The third-order valence-corrected chi connectivity index (χ3v) is 2.72. The van der Waals surface area contributed by atoms with E-state index in [1.165, 1.54) is 11.1 Å². The van der Waals surface area contributed by atoms with Crippen LogP contribution in [0.1, 0.15) is 37.8 Å². The molecule has 0 radical (unpaired) electrons. The third-order valence-electron chi connectivity index (χ3n) is 2.72. The fraction of sp³-hybridized carbons (Fsp3) is 0.571. The highest BCUT2D eigenvalue weighted by Crippen LogP contribution is 2.14. The SMILES string of the molecule is CC(C)(O)CCc1ccc(CCCN)cc1. The average Bonchev–Trinajstić information content (AvgIpc) is 2.24. The molecular formula is C14H23NO. The van der Waals surface area contributed by atoms with E-state index >= 15 is 0 Å². The minimum absolute atomic E-state index is 0.571. The van der Waals surface area contributed by atoms with Crippen LogP contribution in [0.3, 0.4) is 0 Å². The smallest absolute Gasteiger partial charge is 0.0594 e. The Labute approximate surface area is 98.5 Å². The molecule has 90 valence electrons. The van der Waals surface area contributed by atoms with Crippen molar-refractivity contribution in [1.29, 1.82) is 0 Å². The van der Waals surface area contributed by atoms with Crippen LogP contribution in [-0.4, -0.2) is 17.3 Å². The van der Waals surface area contributed by atoms with Gasteiger partial charge in [0.2, 0.25) is 0 Å². The Morgan fingerprint density at radius 2 is 1.56 bits per heavy atom. The summed E-state index contributed by atoms with van der Waals surface area (Å²) in [6.07, 6.45) is 3.83. The zero-order valence-corrected chi connectivity index (χ0v) is 10.4. The molecule has 0 fully saturated rings. The fourth-order valence-electron chi connectivity index (χ4n) is 1.63. The van der Waals surface area contributed by atoms with Crippen LogP contribution in [0.2, 0.25) is 0 Å². The number of hydrogen-bond donors (Lipinski definition) is 2. The number of aliphatic hydroxyl groups is 1. The highest BCUT2D eigenvalue weighted by molar-refractivity contribution is 5.22. The van der Waals surface area contributed by atoms with Gasteiger partial charge in [-0.2, -0.15) is 0 Å². The number of benzene rings is 1. The maximum Gasteiger partial charge on any atom is 0.0594 e. The van der Waals surface area contributed by atoms with Crippen molar-refractivity contribution in [2.45, 2.75) is 45.1 Å². The molecule has 2 nitrogen and oxygen atoms in total. The van der Waals surface area contributed by atoms with Crippen molar-refractivity contribution < 1.29 is 5.11 Å². The molecule has 1 aromatic carbocycles. The Kier molecular flexibility index (Phi) is 4.97. The quantitative estimate of drug-likeness (QED) is 0.774. The highest BCUT2D eigenvalue weighted by Gasteiger charge is 2.11. The van der Waals surface area contributed by atoms with Crippen LogP contribution in [0, 0.1) is 0 Å². The van der Waals surface area contributed by atoms with E-state index in [1.807, 2.05) is 13.8 Å². The van der Waals surface area contributed by atoms with Crippen LogP contribution in [0.4, 0.5) is 0 Å². The summed E-state index contributed by atoms with van der Waals surface area (Å²) in [7, 11) is 0. The minimum atomic E-state index is -0.571. The summed E-state index contributed by atoms with van der Waals surface area (Å²) in [6.45, 7) is 4.45. The van der Waals surface area contributed by atoms with Crippen molar-refractivity contribution in [3.8, 4) is 0 Å². The molecule has 0 aliphatic carbocycles. The second-order valence-electron chi connectivity index (χ2n) is 5.02. The van der Waals surface area contributed by atoms with E-state index in [1.54, 1.807) is 0 Å². The minimum Gasteiger partial charge on any atom is -0.390 e. The van der Waals surface area contributed by atoms with Gasteiger partial charge in [0.1, 0.15) is 0 Å². The molecule has 0 saturated heterocycles. The third kappa shape index (κ3) is 5.29.